The molecule has 0 N–H and O–H groups in total. The van der Waals surface area contributed by atoms with Crippen molar-refractivity contribution < 1.29 is 0 Å². The van der Waals surface area contributed by atoms with Gasteiger partial charge in [0, 0.05) is 28.0 Å². The molecular weight excluding hydrogens is 581 g/mol. The molecule has 7 aromatic carbocycles. The normalized spacial score (nSPS) is 11.3. The smallest absolute Gasteiger partial charge is 0.0547 e. The van der Waals surface area contributed by atoms with Crippen molar-refractivity contribution in [3.8, 4) is 33.4 Å². The van der Waals surface area contributed by atoms with E-state index in [2.05, 4.69) is 203 Å². The molecule has 0 fully saturated rings. The van der Waals surface area contributed by atoms with E-state index in [9.17, 15) is 0 Å². The topological polar surface area (TPSA) is 7.65 Å². The lowest BCUT2D eigenvalue weighted by Crippen LogP contribution is -2.09. The first-order valence-electron chi connectivity index (χ1n) is 16.4. The fraction of sp³-hybridized carbons (Fsp3) is 0. The van der Waals surface area contributed by atoms with Crippen molar-refractivity contribution in [1.82, 2.24) is 4.40 Å². The monoisotopic (exact) mass is 612 g/mol. The highest BCUT2D eigenvalue weighted by Gasteiger charge is 2.17. The predicted molar refractivity (Wildman–Crippen MR) is 203 cm³/mol. The van der Waals surface area contributed by atoms with Crippen LogP contribution in [0.1, 0.15) is 0 Å². The SMILES string of the molecule is c1ccc(-c2c3ccc(-c4ccc(-c5ccc(N(c6ccccc6)c6ccccc6)cc5)cc4)cc3n3c2ccc2ccccc23)cc1. The quantitative estimate of drug-likeness (QED) is 0.181. The number of pyridine rings is 1. The highest BCUT2D eigenvalue weighted by molar-refractivity contribution is 6.09. The van der Waals surface area contributed by atoms with Crippen LogP contribution in [-0.4, -0.2) is 4.40 Å². The molecule has 9 rings (SSSR count). The van der Waals surface area contributed by atoms with Gasteiger partial charge >= 0.3 is 0 Å². The molecule has 2 nitrogen and oxygen atoms in total. The molecule has 2 heterocycles. The van der Waals surface area contributed by atoms with E-state index >= 15 is 0 Å². The minimum atomic E-state index is 1.13. The van der Waals surface area contributed by atoms with Gasteiger partial charge in [-0.05, 0) is 87.8 Å². The summed E-state index contributed by atoms with van der Waals surface area (Å²) in [6.07, 6.45) is 0. The Bertz CT molecular complexity index is 2470. The Morgan fingerprint density at radius 1 is 0.312 bits per heavy atom. The molecule has 9 aromatic rings. The van der Waals surface area contributed by atoms with Gasteiger partial charge in [-0.15, -0.1) is 0 Å². The van der Waals surface area contributed by atoms with Crippen molar-refractivity contribution in [3.63, 3.8) is 0 Å². The molecular formula is C46H32N2. The number of aromatic nitrogens is 1. The van der Waals surface area contributed by atoms with Crippen LogP contribution in [0.25, 0.3) is 60.7 Å². The zero-order valence-electron chi connectivity index (χ0n) is 26.4. The molecule has 0 aliphatic carbocycles. The number of nitrogens with zero attached hydrogens (tertiary/aromatic N) is 2. The van der Waals surface area contributed by atoms with Crippen LogP contribution in [0.3, 0.4) is 0 Å². The first-order valence-corrected chi connectivity index (χ1v) is 16.4. The third-order valence-corrected chi connectivity index (χ3v) is 9.37. The van der Waals surface area contributed by atoms with Gasteiger partial charge in [0.25, 0.3) is 0 Å². The van der Waals surface area contributed by atoms with Gasteiger partial charge in [0.2, 0.25) is 0 Å². The van der Waals surface area contributed by atoms with Crippen molar-refractivity contribution in [2.45, 2.75) is 0 Å². The number of para-hydroxylation sites is 3. The van der Waals surface area contributed by atoms with Crippen molar-refractivity contribution in [1.29, 1.82) is 0 Å². The first-order chi connectivity index (χ1) is 23.8. The van der Waals surface area contributed by atoms with Gasteiger partial charge in [-0.3, -0.25) is 0 Å². The number of anilines is 3. The van der Waals surface area contributed by atoms with Gasteiger partial charge in [-0.25, -0.2) is 0 Å². The van der Waals surface area contributed by atoms with Crippen LogP contribution in [0, 0.1) is 0 Å². The van der Waals surface area contributed by atoms with E-state index in [0.29, 0.717) is 0 Å². The highest BCUT2D eigenvalue weighted by atomic mass is 15.1. The van der Waals surface area contributed by atoms with Crippen LogP contribution in [0.15, 0.2) is 194 Å². The van der Waals surface area contributed by atoms with Crippen molar-refractivity contribution in [2.24, 2.45) is 0 Å². The fourth-order valence-electron chi connectivity index (χ4n) is 7.07. The molecule has 48 heavy (non-hydrogen) atoms. The molecule has 2 heteroatoms. The second-order valence-corrected chi connectivity index (χ2v) is 12.2. The maximum atomic E-state index is 2.43. The Labute approximate surface area is 280 Å². The molecule has 0 atom stereocenters. The van der Waals surface area contributed by atoms with Crippen LogP contribution < -0.4 is 4.90 Å². The summed E-state index contributed by atoms with van der Waals surface area (Å²) in [6, 6.07) is 69.7. The van der Waals surface area contributed by atoms with Gasteiger partial charge in [0.1, 0.15) is 0 Å². The zero-order chi connectivity index (χ0) is 31.9. The summed E-state index contributed by atoms with van der Waals surface area (Å²) >= 11 is 0. The van der Waals surface area contributed by atoms with E-state index in [4.69, 9.17) is 0 Å². The zero-order valence-corrected chi connectivity index (χ0v) is 26.4. The molecule has 226 valence electrons. The number of hydrogen-bond donors (Lipinski definition) is 0. The summed E-state index contributed by atoms with van der Waals surface area (Å²) in [7, 11) is 0. The molecule has 0 unspecified atom stereocenters. The van der Waals surface area contributed by atoms with E-state index in [-0.39, 0.29) is 0 Å². The number of fused-ring (bicyclic) bond motifs is 5. The second-order valence-electron chi connectivity index (χ2n) is 12.2. The lowest BCUT2D eigenvalue weighted by atomic mass is 9.98. The maximum absolute atomic E-state index is 2.43. The maximum Gasteiger partial charge on any atom is 0.0547 e. The van der Waals surface area contributed by atoms with E-state index < -0.39 is 0 Å². The predicted octanol–water partition coefficient (Wildman–Crippen LogP) is 12.7. The Morgan fingerprint density at radius 2 is 0.812 bits per heavy atom. The Morgan fingerprint density at radius 3 is 1.46 bits per heavy atom. The van der Waals surface area contributed by atoms with Gasteiger partial charge in [-0.2, -0.15) is 0 Å². The summed E-state index contributed by atoms with van der Waals surface area (Å²) in [5.74, 6) is 0. The number of hydrogen-bond acceptors (Lipinski definition) is 1. The van der Waals surface area contributed by atoms with E-state index in [1.54, 1.807) is 0 Å². The first kappa shape index (κ1) is 27.9. The lowest BCUT2D eigenvalue weighted by molar-refractivity contribution is 1.28. The standard InChI is InChI=1S/C46H32N2/c1-4-13-37(14-5-1)46-42-30-26-38(32-45(42)48-43-19-11-10-12-36(43)27-31-44(46)48)35-22-20-33(21-23-35)34-24-28-41(29-25-34)47(39-15-6-2-7-16-39)40-17-8-3-9-18-40/h1-32H. The van der Waals surface area contributed by atoms with Gasteiger partial charge < -0.3 is 9.30 Å². The molecule has 0 aliphatic rings. The van der Waals surface area contributed by atoms with Gasteiger partial charge in [0.15, 0.2) is 0 Å². The van der Waals surface area contributed by atoms with Crippen molar-refractivity contribution in [2.75, 3.05) is 4.90 Å². The summed E-state index contributed by atoms with van der Waals surface area (Å²) < 4.78 is 2.43. The third kappa shape index (κ3) is 4.83. The fourth-order valence-corrected chi connectivity index (χ4v) is 7.07. The summed E-state index contributed by atoms with van der Waals surface area (Å²) in [5.41, 5.74) is 14.4. The summed E-state index contributed by atoms with van der Waals surface area (Å²) in [6.45, 7) is 0. The Hall–Kier alpha value is -6.38. The van der Waals surface area contributed by atoms with Gasteiger partial charge in [-0.1, -0.05) is 140 Å². The van der Waals surface area contributed by atoms with Crippen LogP contribution in [0.4, 0.5) is 17.1 Å². The molecule has 0 saturated heterocycles. The molecule has 0 amide bonds. The van der Waals surface area contributed by atoms with E-state index in [1.165, 1.54) is 60.7 Å². The molecule has 0 radical (unpaired) electrons. The number of rotatable bonds is 6. The second kappa shape index (κ2) is 11.8. The molecule has 0 aliphatic heterocycles. The van der Waals surface area contributed by atoms with Gasteiger partial charge in [0.05, 0.1) is 16.6 Å². The average Bonchev–Trinajstić information content (AvgIpc) is 3.51. The molecule has 0 saturated carbocycles. The van der Waals surface area contributed by atoms with Crippen molar-refractivity contribution in [3.05, 3.63) is 194 Å². The van der Waals surface area contributed by atoms with Crippen LogP contribution in [-0.2, 0) is 0 Å². The Kier molecular flexibility index (Phi) is 6.84. The minimum absolute atomic E-state index is 1.13. The van der Waals surface area contributed by atoms with Crippen LogP contribution >= 0.6 is 0 Å². The van der Waals surface area contributed by atoms with Crippen LogP contribution in [0.2, 0.25) is 0 Å². The largest absolute Gasteiger partial charge is 0.311 e. The van der Waals surface area contributed by atoms with E-state index in [1.807, 2.05) is 0 Å². The van der Waals surface area contributed by atoms with E-state index in [0.717, 1.165) is 17.1 Å². The Balaban J connectivity index is 1.09. The molecule has 0 spiro atoms. The number of benzene rings is 7. The summed E-state index contributed by atoms with van der Waals surface area (Å²) in [5, 5.41) is 2.50. The minimum Gasteiger partial charge on any atom is -0.311 e. The third-order valence-electron chi connectivity index (χ3n) is 9.37. The molecule has 0 bridgehead atoms. The lowest BCUT2D eigenvalue weighted by Gasteiger charge is -2.25. The summed E-state index contributed by atoms with van der Waals surface area (Å²) in [4.78, 5) is 2.29. The average molecular weight is 613 g/mol. The van der Waals surface area contributed by atoms with Crippen LogP contribution in [0.5, 0.6) is 0 Å². The highest BCUT2D eigenvalue weighted by Crippen LogP contribution is 2.40. The molecule has 2 aromatic heterocycles. The van der Waals surface area contributed by atoms with Crippen molar-refractivity contribution >= 4 is 44.4 Å².